The summed E-state index contributed by atoms with van der Waals surface area (Å²) in [5, 5.41) is 3.35. The van der Waals surface area contributed by atoms with Crippen molar-refractivity contribution in [3.63, 3.8) is 0 Å². The van der Waals surface area contributed by atoms with Crippen LogP contribution in [0, 0.1) is 65.1 Å². The molecule has 102 heavy (non-hydrogen) atoms. The lowest BCUT2D eigenvalue weighted by Gasteiger charge is -2.39. The molecule has 0 aromatic heterocycles. The number of nitrogens with zero attached hydrogens (tertiary/aromatic N) is 11. The molecule has 0 aromatic rings. The number of piperazine rings is 2. The number of likely N-dealkylation sites (N-methyl/N-ethyl adjacent to an activating group) is 1. The third kappa shape index (κ3) is 57.2. The van der Waals surface area contributed by atoms with Crippen molar-refractivity contribution in [1.82, 2.24) is 59.2 Å². The number of ether oxygens (including phenoxy) is 1. The summed E-state index contributed by atoms with van der Waals surface area (Å²) < 4.78 is 80.2. The van der Waals surface area contributed by atoms with E-state index in [1.54, 1.807) is 4.90 Å². The first-order valence-corrected chi connectivity index (χ1v) is 42.1. The molecular weight excluding hydrogens is 1290 g/mol. The minimum Gasteiger partial charge on any atom is -0.379 e. The van der Waals surface area contributed by atoms with Gasteiger partial charge in [0.15, 0.2) is 0 Å². The van der Waals surface area contributed by atoms with E-state index >= 15 is 0 Å². The minimum absolute atomic E-state index is 0.0365. The van der Waals surface area contributed by atoms with E-state index in [4.69, 9.17) is 4.74 Å². The molecule has 10 heterocycles. The van der Waals surface area contributed by atoms with E-state index in [1.807, 2.05) is 18.7 Å². The fraction of sp³-hybridized carbons (Fsp3) is 1.00. The van der Waals surface area contributed by atoms with Gasteiger partial charge in [-0.2, -0.15) is 0 Å². The van der Waals surface area contributed by atoms with Crippen LogP contribution in [-0.4, -0.2) is 314 Å². The van der Waals surface area contributed by atoms with Gasteiger partial charge < -0.3 is 49.3 Å². The van der Waals surface area contributed by atoms with Gasteiger partial charge in [-0.15, -0.1) is 0 Å². The Kier molecular flexibility index (Phi) is 54.7. The van der Waals surface area contributed by atoms with Crippen molar-refractivity contribution in [3.05, 3.63) is 0 Å². The number of hydrogen-bond acceptors (Lipinski definition) is 13. The molecule has 10 saturated heterocycles. The number of hydrogen-bond donors (Lipinski definition) is 1. The van der Waals surface area contributed by atoms with Gasteiger partial charge in [0, 0.05) is 170 Å². The Morgan fingerprint density at radius 3 is 0.873 bits per heavy atom. The Hall–Kier alpha value is -0.940. The second-order valence-corrected chi connectivity index (χ2v) is 36.5. The van der Waals surface area contributed by atoms with Crippen LogP contribution in [0.1, 0.15) is 216 Å². The van der Waals surface area contributed by atoms with E-state index < -0.39 is 17.8 Å². The maximum absolute atomic E-state index is 12.7. The minimum atomic E-state index is -2.42. The van der Waals surface area contributed by atoms with Crippen LogP contribution in [0.3, 0.4) is 0 Å². The highest BCUT2D eigenvalue weighted by molar-refractivity contribution is 4.87. The van der Waals surface area contributed by atoms with Crippen molar-refractivity contribution >= 4 is 0 Å². The Bertz CT molecular complexity index is 1790. The highest BCUT2D eigenvalue weighted by atomic mass is 19.3. The van der Waals surface area contributed by atoms with Gasteiger partial charge in [0.1, 0.15) is 0 Å². The topological polar surface area (TPSA) is 56.9 Å². The number of nitrogens with one attached hydrogen (secondary N) is 1. The van der Waals surface area contributed by atoms with Gasteiger partial charge in [0.05, 0.1) is 32.8 Å². The van der Waals surface area contributed by atoms with E-state index in [9.17, 15) is 26.3 Å². The second kappa shape index (κ2) is 56.3. The molecule has 10 fully saturated rings. The Balaban J connectivity index is 0.000000567. The standard InChI is InChI=1S/C10H21N.C9H17F2N.C9H20N2.C9H19N.C8H15F2N.C8H18N2.C8H17NO.C8H17N.C7H13F2N.C7H15N/c1-9(2)8-11-6-4-10(3)5-7-11;1-8(2)7-12-5-3-9(10,11)4-6-12;1-9(2)8-11-6-4-10(3)5-7-11;1-9(2)8-10-6-4-3-5-7-10;1-7(2)5-11-4-3-8(9,10)6-11;1-8(2)7-10-5-3-9-4-6-10;1-8(2)7-9-3-5-10-6-4-9;1-8(2)7-9-5-3-4-6-9;1-6(2)3-10-4-7(8,9)5-10;1-7(2)6-8-4-3-5-8/h9-10H,4-8H2,1-3H3;8H,3-7H2,1-2H3;9H,4-8H2,1-3H3;9H,3-8H2,1-2H3;7H,3-6H2,1-2H3;8-9H,3-7H2,1-2H3;8H,3-7H2,1-2H3;8H,3-7H2,1-2H3;6H,3-5H2,1-2H3;7H,3-6H2,1-2H3. The first-order chi connectivity index (χ1) is 47.8. The van der Waals surface area contributed by atoms with Crippen molar-refractivity contribution in [2.45, 2.75) is 234 Å². The number of alkyl halides is 6. The van der Waals surface area contributed by atoms with Crippen molar-refractivity contribution in [2.75, 3.05) is 243 Å². The van der Waals surface area contributed by atoms with Crippen molar-refractivity contribution in [2.24, 2.45) is 65.1 Å². The number of morpholine rings is 1. The molecule has 0 aromatic carbocycles. The lowest BCUT2D eigenvalue weighted by atomic mass is 9.98. The lowest BCUT2D eigenvalue weighted by molar-refractivity contribution is -0.133. The molecule has 10 aliphatic heterocycles. The SMILES string of the molecule is CC(C)CN1CC(F)(F)C1.CC(C)CN1CCC(C)CC1.CC(C)CN1CCC(F)(F)C1.CC(C)CN1CCC(F)(F)CC1.CC(C)CN1CCC1.CC(C)CN1CCCC1.CC(C)CN1CCCCC1.CC(C)CN1CCN(C)CC1.CC(C)CN1CCNCC1.CC(C)CN1CCOCC1. The molecule has 0 radical (unpaired) electrons. The predicted molar refractivity (Wildman–Crippen MR) is 429 cm³/mol. The fourth-order valence-electron chi connectivity index (χ4n) is 14.6. The van der Waals surface area contributed by atoms with Gasteiger partial charge in [-0.25, -0.2) is 26.3 Å². The highest BCUT2D eigenvalue weighted by Crippen LogP contribution is 2.29. The fourth-order valence-corrected chi connectivity index (χ4v) is 14.6. The normalized spacial score (nSPS) is 23.0. The monoisotopic (exact) mass is 1470 g/mol. The van der Waals surface area contributed by atoms with Gasteiger partial charge in [0.2, 0.25) is 0 Å². The smallest absolute Gasteiger partial charge is 0.272 e. The molecule has 0 aliphatic carbocycles. The van der Waals surface area contributed by atoms with Crippen molar-refractivity contribution in [3.8, 4) is 0 Å². The largest absolute Gasteiger partial charge is 0.379 e. The molecule has 0 spiro atoms. The molecule has 13 nitrogen and oxygen atoms in total. The Morgan fingerprint density at radius 2 is 0.549 bits per heavy atom. The van der Waals surface area contributed by atoms with Crippen molar-refractivity contribution in [1.29, 1.82) is 0 Å². The molecule has 10 rings (SSSR count). The van der Waals surface area contributed by atoms with E-state index in [0.29, 0.717) is 37.4 Å². The van der Waals surface area contributed by atoms with Crippen LogP contribution in [0.15, 0.2) is 0 Å². The predicted octanol–water partition coefficient (Wildman–Crippen LogP) is 16.0. The number of piperidine rings is 3. The van der Waals surface area contributed by atoms with Gasteiger partial charge >= 0.3 is 0 Å². The molecular formula is C83H172F6N12O. The molecule has 1 N–H and O–H groups in total. The molecule has 0 saturated carbocycles. The Labute approximate surface area is 629 Å². The molecule has 0 atom stereocenters. The summed E-state index contributed by atoms with van der Waals surface area (Å²) >= 11 is 0. The zero-order chi connectivity index (χ0) is 76.8. The molecule has 612 valence electrons. The van der Waals surface area contributed by atoms with E-state index in [0.717, 1.165) is 93.3 Å². The van der Waals surface area contributed by atoms with Crippen LogP contribution in [0.2, 0.25) is 0 Å². The van der Waals surface area contributed by atoms with Crippen LogP contribution in [-0.2, 0) is 4.74 Å². The van der Waals surface area contributed by atoms with Gasteiger partial charge in [-0.1, -0.05) is 152 Å². The van der Waals surface area contributed by atoms with Gasteiger partial charge in [-0.05, 0) is 169 Å². The molecule has 0 bridgehead atoms. The quantitative estimate of drug-likeness (QED) is 0.118. The number of likely N-dealkylation sites (tertiary alicyclic amines) is 7. The zero-order valence-electron chi connectivity index (χ0n) is 71.2. The lowest BCUT2D eigenvalue weighted by Crippen LogP contribution is -2.56. The summed E-state index contributed by atoms with van der Waals surface area (Å²) in [6.07, 6.45) is 11.5. The maximum atomic E-state index is 12.7. The summed E-state index contributed by atoms with van der Waals surface area (Å²) in [5.41, 5.74) is 0. The maximum Gasteiger partial charge on any atom is 0.272 e. The first-order valence-electron chi connectivity index (χ1n) is 42.1. The summed E-state index contributed by atoms with van der Waals surface area (Å²) in [7, 11) is 2.20. The first kappa shape index (κ1) is 99.1. The van der Waals surface area contributed by atoms with Gasteiger partial charge in [0.25, 0.3) is 17.8 Å². The number of rotatable bonds is 20. The summed E-state index contributed by atoms with van der Waals surface area (Å²) in [5.74, 6) is 1.14. The summed E-state index contributed by atoms with van der Waals surface area (Å²) in [6.45, 7) is 84.5. The van der Waals surface area contributed by atoms with E-state index in [1.165, 1.54) is 202 Å². The van der Waals surface area contributed by atoms with Gasteiger partial charge in [-0.3, -0.25) is 14.7 Å². The van der Waals surface area contributed by atoms with Crippen LogP contribution in [0.5, 0.6) is 0 Å². The third-order valence-electron chi connectivity index (χ3n) is 19.4. The second-order valence-electron chi connectivity index (χ2n) is 36.5. The average molecular weight is 1470 g/mol. The highest BCUT2D eigenvalue weighted by Gasteiger charge is 2.43. The zero-order valence-corrected chi connectivity index (χ0v) is 71.2. The van der Waals surface area contributed by atoms with Crippen molar-refractivity contribution < 1.29 is 31.1 Å². The summed E-state index contributed by atoms with van der Waals surface area (Å²) in [4.78, 5) is 26.0. The van der Waals surface area contributed by atoms with Crippen LogP contribution in [0.4, 0.5) is 26.3 Å². The summed E-state index contributed by atoms with van der Waals surface area (Å²) in [6, 6.07) is 0. The van der Waals surface area contributed by atoms with E-state index in [-0.39, 0.29) is 38.9 Å². The van der Waals surface area contributed by atoms with Crippen LogP contribution in [0.25, 0.3) is 0 Å². The molecule has 0 unspecified atom stereocenters. The average Bonchev–Trinajstić information content (AvgIpc) is 1.36. The molecule has 0 amide bonds. The Morgan fingerprint density at radius 1 is 0.284 bits per heavy atom. The molecule has 10 aliphatic rings. The number of halogens is 6. The van der Waals surface area contributed by atoms with Crippen LogP contribution < -0.4 is 5.32 Å². The third-order valence-corrected chi connectivity index (χ3v) is 19.4. The molecule has 19 heteroatoms. The van der Waals surface area contributed by atoms with Crippen LogP contribution >= 0.6 is 0 Å². The van der Waals surface area contributed by atoms with E-state index in [2.05, 4.69) is 188 Å².